The summed E-state index contributed by atoms with van der Waals surface area (Å²) in [5.74, 6) is -0.589. The quantitative estimate of drug-likeness (QED) is 0.661. The van der Waals surface area contributed by atoms with E-state index in [1.807, 2.05) is 0 Å². The molecule has 0 saturated carbocycles. The van der Waals surface area contributed by atoms with Crippen LogP contribution >= 0.6 is 0 Å². The SMILES string of the molecule is COC(=O)CN(C)C(=O)Nc1cccc(C(C)=O)c1. The zero-order chi connectivity index (χ0) is 14.4. The molecule has 0 atom stereocenters. The number of hydrogen-bond acceptors (Lipinski definition) is 4. The number of carbonyl (C=O) groups is 3. The average molecular weight is 264 g/mol. The molecule has 6 nitrogen and oxygen atoms in total. The summed E-state index contributed by atoms with van der Waals surface area (Å²) in [6.45, 7) is 1.30. The van der Waals surface area contributed by atoms with Crippen LogP contribution in [0.1, 0.15) is 17.3 Å². The fraction of sp³-hybridized carbons (Fsp3) is 0.308. The van der Waals surface area contributed by atoms with Gasteiger partial charge in [0.05, 0.1) is 7.11 Å². The first-order valence-electron chi connectivity index (χ1n) is 5.64. The molecular formula is C13H16N2O4. The lowest BCUT2D eigenvalue weighted by molar-refractivity contribution is -0.140. The van der Waals surface area contributed by atoms with Gasteiger partial charge in [0.25, 0.3) is 0 Å². The smallest absolute Gasteiger partial charge is 0.325 e. The van der Waals surface area contributed by atoms with Crippen LogP contribution in [0.5, 0.6) is 0 Å². The number of urea groups is 1. The molecule has 1 aromatic carbocycles. The molecule has 0 unspecified atom stereocenters. The van der Waals surface area contributed by atoms with Crippen LogP contribution in [0.3, 0.4) is 0 Å². The predicted molar refractivity (Wildman–Crippen MR) is 70.1 cm³/mol. The van der Waals surface area contributed by atoms with E-state index in [1.165, 1.54) is 26.0 Å². The number of nitrogens with zero attached hydrogens (tertiary/aromatic N) is 1. The molecule has 0 aliphatic heterocycles. The van der Waals surface area contributed by atoms with E-state index in [-0.39, 0.29) is 12.3 Å². The van der Waals surface area contributed by atoms with Crippen LogP contribution in [0.4, 0.5) is 10.5 Å². The lowest BCUT2D eigenvalue weighted by Crippen LogP contribution is -2.35. The number of amides is 2. The van der Waals surface area contributed by atoms with Crippen LogP contribution in [-0.2, 0) is 9.53 Å². The third kappa shape index (κ3) is 4.42. The summed E-state index contributed by atoms with van der Waals surface area (Å²) in [5, 5.41) is 2.59. The van der Waals surface area contributed by atoms with Crippen LogP contribution in [0.25, 0.3) is 0 Å². The van der Waals surface area contributed by atoms with E-state index in [9.17, 15) is 14.4 Å². The number of anilines is 1. The third-order valence-electron chi connectivity index (χ3n) is 2.46. The minimum atomic E-state index is -0.505. The summed E-state index contributed by atoms with van der Waals surface area (Å²) in [6, 6.07) is 6.12. The molecule has 0 aliphatic carbocycles. The van der Waals surface area contributed by atoms with Crippen molar-refractivity contribution in [1.29, 1.82) is 0 Å². The maximum absolute atomic E-state index is 11.8. The lowest BCUT2D eigenvalue weighted by Gasteiger charge is -2.16. The van der Waals surface area contributed by atoms with E-state index in [1.54, 1.807) is 24.3 Å². The second-order valence-electron chi connectivity index (χ2n) is 4.00. The Hall–Kier alpha value is -2.37. The Balaban J connectivity index is 2.68. The molecule has 0 saturated heterocycles. The molecule has 2 amide bonds. The van der Waals surface area contributed by atoms with Gasteiger partial charge in [-0.3, -0.25) is 9.59 Å². The van der Waals surface area contributed by atoms with Gasteiger partial charge < -0.3 is 15.0 Å². The van der Waals surface area contributed by atoms with Crippen molar-refractivity contribution in [3.63, 3.8) is 0 Å². The Morgan fingerprint density at radius 3 is 2.58 bits per heavy atom. The number of nitrogens with one attached hydrogen (secondary N) is 1. The monoisotopic (exact) mass is 264 g/mol. The number of likely N-dealkylation sites (N-methyl/N-ethyl adjacent to an activating group) is 1. The Morgan fingerprint density at radius 2 is 2.00 bits per heavy atom. The maximum atomic E-state index is 11.8. The lowest BCUT2D eigenvalue weighted by atomic mass is 10.1. The van der Waals surface area contributed by atoms with Crippen molar-refractivity contribution in [1.82, 2.24) is 4.90 Å². The summed E-state index contributed by atoms with van der Waals surface area (Å²) in [6.07, 6.45) is 0. The molecular weight excluding hydrogens is 248 g/mol. The predicted octanol–water partition coefficient (Wildman–Crippen LogP) is 1.53. The number of rotatable bonds is 4. The van der Waals surface area contributed by atoms with Crippen molar-refractivity contribution in [3.05, 3.63) is 29.8 Å². The Kier molecular flexibility index (Phi) is 5.05. The molecule has 1 aromatic rings. The van der Waals surface area contributed by atoms with E-state index in [2.05, 4.69) is 10.1 Å². The molecule has 19 heavy (non-hydrogen) atoms. The zero-order valence-corrected chi connectivity index (χ0v) is 11.1. The minimum absolute atomic E-state index is 0.0842. The standard InChI is InChI=1S/C13H16N2O4/c1-9(16)10-5-4-6-11(7-10)14-13(18)15(2)8-12(17)19-3/h4-7H,8H2,1-3H3,(H,14,18). The van der Waals surface area contributed by atoms with Gasteiger partial charge in [-0.15, -0.1) is 0 Å². The first kappa shape index (κ1) is 14.7. The second kappa shape index (κ2) is 6.53. The summed E-state index contributed by atoms with van der Waals surface area (Å²) in [5.41, 5.74) is 1.00. The van der Waals surface area contributed by atoms with Gasteiger partial charge in [0.2, 0.25) is 0 Å². The van der Waals surface area contributed by atoms with Crippen molar-refractivity contribution >= 4 is 23.5 Å². The van der Waals surface area contributed by atoms with Crippen LogP contribution in [-0.4, -0.2) is 43.4 Å². The molecule has 0 bridgehead atoms. The maximum Gasteiger partial charge on any atom is 0.325 e. The highest BCUT2D eigenvalue weighted by atomic mass is 16.5. The van der Waals surface area contributed by atoms with E-state index in [0.29, 0.717) is 11.3 Å². The number of esters is 1. The van der Waals surface area contributed by atoms with Crippen molar-refractivity contribution < 1.29 is 19.1 Å². The number of benzene rings is 1. The molecule has 1 N–H and O–H groups in total. The van der Waals surface area contributed by atoms with Crippen molar-refractivity contribution in [2.45, 2.75) is 6.92 Å². The van der Waals surface area contributed by atoms with E-state index >= 15 is 0 Å². The van der Waals surface area contributed by atoms with Gasteiger partial charge in [0.15, 0.2) is 5.78 Å². The molecule has 0 heterocycles. The van der Waals surface area contributed by atoms with Gasteiger partial charge >= 0.3 is 12.0 Å². The first-order chi connectivity index (χ1) is 8.93. The molecule has 0 fully saturated rings. The van der Waals surface area contributed by atoms with Gasteiger partial charge in [-0.1, -0.05) is 12.1 Å². The largest absolute Gasteiger partial charge is 0.468 e. The zero-order valence-electron chi connectivity index (χ0n) is 11.1. The number of ketones is 1. The van der Waals surface area contributed by atoms with E-state index in [0.717, 1.165) is 0 Å². The molecule has 0 radical (unpaired) electrons. The second-order valence-corrected chi connectivity index (χ2v) is 4.00. The Labute approximate surface area is 111 Å². The first-order valence-corrected chi connectivity index (χ1v) is 5.64. The van der Waals surface area contributed by atoms with E-state index in [4.69, 9.17) is 0 Å². The third-order valence-corrected chi connectivity index (χ3v) is 2.46. The van der Waals surface area contributed by atoms with Crippen molar-refractivity contribution in [2.24, 2.45) is 0 Å². The van der Waals surface area contributed by atoms with E-state index < -0.39 is 12.0 Å². The molecule has 0 spiro atoms. The summed E-state index contributed by atoms with van der Waals surface area (Å²) < 4.78 is 4.47. The topological polar surface area (TPSA) is 75.7 Å². The average Bonchev–Trinajstić information content (AvgIpc) is 2.38. The van der Waals surface area contributed by atoms with Gasteiger partial charge in [-0.05, 0) is 19.1 Å². The van der Waals surface area contributed by atoms with Crippen molar-refractivity contribution in [2.75, 3.05) is 26.0 Å². The molecule has 102 valence electrons. The number of hydrogen-bond donors (Lipinski definition) is 1. The molecule has 0 aliphatic rings. The summed E-state index contributed by atoms with van der Waals surface area (Å²) in [7, 11) is 2.73. The van der Waals surface area contributed by atoms with Gasteiger partial charge in [-0.2, -0.15) is 0 Å². The Bertz CT molecular complexity index is 499. The number of methoxy groups -OCH3 is 1. The fourth-order valence-corrected chi connectivity index (χ4v) is 1.36. The number of carbonyl (C=O) groups excluding carboxylic acids is 3. The van der Waals surface area contributed by atoms with Crippen LogP contribution in [0.2, 0.25) is 0 Å². The van der Waals surface area contributed by atoms with Gasteiger partial charge in [0.1, 0.15) is 6.54 Å². The summed E-state index contributed by atoms with van der Waals surface area (Å²) in [4.78, 5) is 35.2. The highest BCUT2D eigenvalue weighted by Crippen LogP contribution is 2.11. The highest BCUT2D eigenvalue weighted by Gasteiger charge is 2.13. The normalized spacial score (nSPS) is 9.63. The van der Waals surface area contributed by atoms with Crippen LogP contribution in [0, 0.1) is 0 Å². The van der Waals surface area contributed by atoms with Gasteiger partial charge in [-0.25, -0.2) is 4.79 Å². The van der Waals surface area contributed by atoms with Crippen molar-refractivity contribution in [3.8, 4) is 0 Å². The Morgan fingerprint density at radius 1 is 1.32 bits per heavy atom. The highest BCUT2D eigenvalue weighted by molar-refractivity contribution is 5.97. The molecule has 1 rings (SSSR count). The fourth-order valence-electron chi connectivity index (χ4n) is 1.36. The van der Waals surface area contributed by atoms with Crippen LogP contribution < -0.4 is 5.32 Å². The molecule has 6 heteroatoms. The molecule has 0 aromatic heterocycles. The van der Waals surface area contributed by atoms with Crippen LogP contribution in [0.15, 0.2) is 24.3 Å². The minimum Gasteiger partial charge on any atom is -0.468 e. The summed E-state index contributed by atoms with van der Waals surface area (Å²) >= 11 is 0. The number of ether oxygens (including phenoxy) is 1. The van der Waals surface area contributed by atoms with Gasteiger partial charge in [0, 0.05) is 18.3 Å². The number of Topliss-reactive ketones (excluding diaryl/α,β-unsaturated/α-hetero) is 1.